The number of nitrogen functional groups attached to an aromatic ring is 1. The number of benzene rings is 1. The molecule has 0 radical (unpaired) electrons. The van der Waals surface area contributed by atoms with E-state index in [1.54, 1.807) is 36.5 Å². The van der Waals surface area contributed by atoms with Crippen molar-refractivity contribution in [3.05, 3.63) is 47.1 Å². The van der Waals surface area contributed by atoms with Crippen molar-refractivity contribution < 1.29 is 0 Å². The van der Waals surface area contributed by atoms with Gasteiger partial charge in [0.05, 0.1) is 11.3 Å². The van der Waals surface area contributed by atoms with E-state index in [-0.39, 0.29) is 0 Å². The summed E-state index contributed by atoms with van der Waals surface area (Å²) in [5.74, 6) is 5.81. The summed E-state index contributed by atoms with van der Waals surface area (Å²) in [5, 5.41) is 12.7. The topological polar surface area (TPSA) is 86.8 Å². The van der Waals surface area contributed by atoms with Crippen LogP contribution in [0, 0.1) is 11.3 Å². The number of nitrogens with zero attached hydrogens (tertiary/aromatic N) is 2. The number of pyridine rings is 1. The van der Waals surface area contributed by atoms with Gasteiger partial charge in [0.2, 0.25) is 0 Å². The summed E-state index contributed by atoms with van der Waals surface area (Å²) in [6.45, 7) is 0. The highest BCUT2D eigenvalue weighted by Gasteiger charge is 2.04. The van der Waals surface area contributed by atoms with Crippen LogP contribution in [0.5, 0.6) is 0 Å². The molecule has 5 nitrogen and oxygen atoms in total. The van der Waals surface area contributed by atoms with Crippen LogP contribution in [0.1, 0.15) is 5.56 Å². The molecular formula is C12H10ClN5. The van der Waals surface area contributed by atoms with E-state index < -0.39 is 0 Å². The zero-order valence-corrected chi connectivity index (χ0v) is 10.1. The lowest BCUT2D eigenvalue weighted by atomic mass is 10.2. The maximum atomic E-state index is 9.01. The monoisotopic (exact) mass is 259 g/mol. The molecule has 1 heterocycles. The minimum atomic E-state index is 0.512. The molecule has 0 aliphatic heterocycles. The lowest BCUT2D eigenvalue weighted by Crippen LogP contribution is -2.08. The van der Waals surface area contributed by atoms with Gasteiger partial charge in [-0.05, 0) is 24.3 Å². The predicted molar refractivity (Wildman–Crippen MR) is 71.5 cm³/mol. The smallest absolute Gasteiger partial charge is 0.141 e. The molecule has 0 aliphatic carbocycles. The van der Waals surface area contributed by atoms with Gasteiger partial charge in [-0.25, -0.2) is 10.8 Å². The number of aromatic nitrogens is 1. The molecule has 1 aromatic heterocycles. The molecule has 2 aromatic rings. The van der Waals surface area contributed by atoms with Gasteiger partial charge >= 0.3 is 0 Å². The van der Waals surface area contributed by atoms with Gasteiger partial charge in [-0.1, -0.05) is 11.6 Å². The summed E-state index contributed by atoms with van der Waals surface area (Å²) in [4.78, 5) is 3.99. The number of nitrogens with two attached hydrogens (primary N) is 1. The zero-order valence-electron chi connectivity index (χ0n) is 9.31. The van der Waals surface area contributed by atoms with E-state index in [0.29, 0.717) is 22.1 Å². The van der Waals surface area contributed by atoms with E-state index in [4.69, 9.17) is 22.7 Å². The van der Waals surface area contributed by atoms with Crippen LogP contribution in [0.3, 0.4) is 0 Å². The second kappa shape index (κ2) is 5.36. The molecule has 0 aliphatic rings. The molecule has 0 saturated carbocycles. The molecule has 18 heavy (non-hydrogen) atoms. The molecule has 0 saturated heterocycles. The Bertz CT molecular complexity index is 606. The zero-order chi connectivity index (χ0) is 13.0. The van der Waals surface area contributed by atoms with Gasteiger partial charge < -0.3 is 10.7 Å². The van der Waals surface area contributed by atoms with Crippen molar-refractivity contribution in [2.24, 2.45) is 5.84 Å². The number of nitrogens with one attached hydrogen (secondary N) is 2. The van der Waals surface area contributed by atoms with Crippen LogP contribution in [-0.2, 0) is 0 Å². The van der Waals surface area contributed by atoms with Gasteiger partial charge in [0.15, 0.2) is 0 Å². The van der Waals surface area contributed by atoms with Crippen molar-refractivity contribution in [3.63, 3.8) is 0 Å². The van der Waals surface area contributed by atoms with Gasteiger partial charge in [-0.15, -0.1) is 0 Å². The quantitative estimate of drug-likeness (QED) is 0.583. The summed E-state index contributed by atoms with van der Waals surface area (Å²) >= 11 is 5.90. The first-order valence-electron chi connectivity index (χ1n) is 5.12. The van der Waals surface area contributed by atoms with Crippen molar-refractivity contribution in [2.75, 3.05) is 10.7 Å². The number of hydrogen-bond donors (Lipinski definition) is 3. The van der Waals surface area contributed by atoms with Crippen LogP contribution in [0.4, 0.5) is 17.2 Å². The van der Waals surface area contributed by atoms with Crippen molar-refractivity contribution in [1.29, 1.82) is 5.26 Å². The Morgan fingerprint density at radius 3 is 2.83 bits per heavy atom. The minimum Gasteiger partial charge on any atom is -0.354 e. The third-order valence-corrected chi connectivity index (χ3v) is 2.52. The molecule has 2 rings (SSSR count). The molecule has 0 unspecified atom stereocenters. The first kappa shape index (κ1) is 12.2. The fraction of sp³-hybridized carbons (Fsp3) is 0. The van der Waals surface area contributed by atoms with Crippen molar-refractivity contribution in [3.8, 4) is 6.07 Å². The first-order chi connectivity index (χ1) is 8.72. The van der Waals surface area contributed by atoms with Gasteiger partial charge in [-0.3, -0.25) is 0 Å². The molecule has 0 bridgehead atoms. The Labute approximate surface area is 109 Å². The molecule has 4 N–H and O–H groups in total. The number of anilines is 3. The van der Waals surface area contributed by atoms with E-state index in [9.17, 15) is 0 Å². The molecule has 0 atom stereocenters. The highest BCUT2D eigenvalue weighted by molar-refractivity contribution is 6.30. The van der Waals surface area contributed by atoms with Crippen LogP contribution in [-0.4, -0.2) is 4.98 Å². The fourth-order valence-corrected chi connectivity index (χ4v) is 1.63. The summed E-state index contributed by atoms with van der Waals surface area (Å²) in [5.41, 5.74) is 4.36. The SMILES string of the molecule is N#Cc1ccc(Cl)cc1Nc1ccnc(NN)c1. The Morgan fingerprint density at radius 1 is 1.28 bits per heavy atom. The molecular weight excluding hydrogens is 250 g/mol. The third-order valence-electron chi connectivity index (χ3n) is 2.29. The van der Waals surface area contributed by atoms with Gasteiger partial charge in [0.25, 0.3) is 0 Å². The molecule has 0 spiro atoms. The summed E-state index contributed by atoms with van der Waals surface area (Å²) in [7, 11) is 0. The van der Waals surface area contributed by atoms with E-state index in [1.807, 2.05) is 0 Å². The third kappa shape index (κ3) is 2.69. The summed E-state index contributed by atoms with van der Waals surface area (Å²) in [6, 6.07) is 10.6. The fourth-order valence-electron chi connectivity index (χ4n) is 1.46. The number of nitriles is 1. The van der Waals surface area contributed by atoms with Crippen molar-refractivity contribution in [2.45, 2.75) is 0 Å². The van der Waals surface area contributed by atoms with Crippen LogP contribution in [0.15, 0.2) is 36.5 Å². The Kier molecular flexibility index (Phi) is 3.63. The highest BCUT2D eigenvalue weighted by Crippen LogP contribution is 2.24. The number of hydrogen-bond acceptors (Lipinski definition) is 5. The van der Waals surface area contributed by atoms with E-state index in [1.165, 1.54) is 0 Å². The summed E-state index contributed by atoms with van der Waals surface area (Å²) in [6.07, 6.45) is 1.61. The van der Waals surface area contributed by atoms with Crippen molar-refractivity contribution >= 4 is 28.8 Å². The molecule has 0 amide bonds. The maximum absolute atomic E-state index is 9.01. The second-order valence-corrected chi connectivity index (χ2v) is 3.94. The molecule has 0 fully saturated rings. The van der Waals surface area contributed by atoms with E-state index in [2.05, 4.69) is 21.8 Å². The molecule has 1 aromatic carbocycles. The van der Waals surface area contributed by atoms with E-state index >= 15 is 0 Å². The number of hydrazine groups is 1. The normalized spacial score (nSPS) is 9.61. The highest BCUT2D eigenvalue weighted by atomic mass is 35.5. The number of halogens is 1. The summed E-state index contributed by atoms with van der Waals surface area (Å²) < 4.78 is 0. The van der Waals surface area contributed by atoms with Gasteiger partial charge in [0.1, 0.15) is 11.9 Å². The maximum Gasteiger partial charge on any atom is 0.141 e. The van der Waals surface area contributed by atoms with Gasteiger partial charge in [0, 0.05) is 23.0 Å². The van der Waals surface area contributed by atoms with Crippen LogP contribution in [0.2, 0.25) is 5.02 Å². The van der Waals surface area contributed by atoms with Crippen LogP contribution < -0.4 is 16.6 Å². The molecule has 6 heteroatoms. The predicted octanol–water partition coefficient (Wildman–Crippen LogP) is 2.64. The van der Waals surface area contributed by atoms with Gasteiger partial charge in [-0.2, -0.15) is 5.26 Å². The Morgan fingerprint density at radius 2 is 2.11 bits per heavy atom. The minimum absolute atomic E-state index is 0.512. The van der Waals surface area contributed by atoms with Crippen LogP contribution in [0.25, 0.3) is 0 Å². The molecule has 90 valence electrons. The largest absolute Gasteiger partial charge is 0.354 e. The average molecular weight is 260 g/mol. The standard InChI is InChI=1S/C12H10ClN5/c13-9-2-1-8(7-14)11(5-9)17-10-3-4-16-12(6-10)18-15/h1-6H,15H2,(H2,16,17,18). The number of rotatable bonds is 3. The van der Waals surface area contributed by atoms with E-state index in [0.717, 1.165) is 5.69 Å². The lowest BCUT2D eigenvalue weighted by molar-refractivity contribution is 1.23. The Hall–Kier alpha value is -2.29. The van der Waals surface area contributed by atoms with Crippen LogP contribution >= 0.6 is 11.6 Å². The van der Waals surface area contributed by atoms with Crippen molar-refractivity contribution in [1.82, 2.24) is 4.98 Å². The Balaban J connectivity index is 2.33. The lowest BCUT2D eigenvalue weighted by Gasteiger charge is -2.09. The second-order valence-electron chi connectivity index (χ2n) is 3.50. The first-order valence-corrected chi connectivity index (χ1v) is 5.50. The average Bonchev–Trinajstić information content (AvgIpc) is 2.39.